The number of para-hydroxylation sites is 2. The third kappa shape index (κ3) is 3.51. The smallest absolute Gasteiger partial charge is 0.287 e. The summed E-state index contributed by atoms with van der Waals surface area (Å²) >= 11 is 0. The van der Waals surface area contributed by atoms with Crippen LogP contribution in [0.15, 0.2) is 46.9 Å². The van der Waals surface area contributed by atoms with Crippen molar-refractivity contribution in [3.8, 4) is 5.75 Å². The van der Waals surface area contributed by atoms with Gasteiger partial charge in [-0.3, -0.25) is 4.79 Å². The van der Waals surface area contributed by atoms with Crippen molar-refractivity contribution >= 4 is 16.9 Å². The molecule has 0 bridgehead atoms. The molecule has 1 amide bonds. The Labute approximate surface area is 146 Å². The third-order valence-corrected chi connectivity index (χ3v) is 4.13. The van der Waals surface area contributed by atoms with Crippen LogP contribution in [0.1, 0.15) is 27.2 Å². The normalized spacial score (nSPS) is 10.8. The Hall–Kier alpha value is -2.79. The summed E-state index contributed by atoms with van der Waals surface area (Å²) in [5, 5.41) is 12.7. The molecule has 5 nitrogen and oxygen atoms in total. The molecule has 0 aliphatic heterocycles. The van der Waals surface area contributed by atoms with Gasteiger partial charge in [-0.1, -0.05) is 36.4 Å². The van der Waals surface area contributed by atoms with Crippen molar-refractivity contribution in [2.24, 2.45) is 0 Å². The zero-order valence-electron chi connectivity index (χ0n) is 14.3. The van der Waals surface area contributed by atoms with Crippen LogP contribution in [-0.4, -0.2) is 24.2 Å². The highest BCUT2D eigenvalue weighted by Gasteiger charge is 2.18. The fourth-order valence-electron chi connectivity index (χ4n) is 2.80. The Kier molecular flexibility index (Phi) is 5.05. The number of nitrogens with one attached hydrogen (secondary N) is 1. The maximum absolute atomic E-state index is 12.6. The van der Waals surface area contributed by atoms with Gasteiger partial charge < -0.3 is 19.6 Å². The summed E-state index contributed by atoms with van der Waals surface area (Å²) in [7, 11) is 0. The number of ether oxygens (including phenoxy) is 1. The topological polar surface area (TPSA) is 71.7 Å². The van der Waals surface area contributed by atoms with Gasteiger partial charge in [0, 0.05) is 23.1 Å². The molecule has 0 aliphatic rings. The van der Waals surface area contributed by atoms with Gasteiger partial charge in [0.2, 0.25) is 0 Å². The number of furan rings is 1. The van der Waals surface area contributed by atoms with Gasteiger partial charge in [0.25, 0.3) is 5.91 Å². The summed E-state index contributed by atoms with van der Waals surface area (Å²) in [4.78, 5) is 12.6. The SMILES string of the molecule is Cc1c(C(=O)NCc2ccccc2OCCO)oc2c(C)cccc12. The summed E-state index contributed by atoms with van der Waals surface area (Å²) in [5.41, 5.74) is 3.43. The van der Waals surface area contributed by atoms with Gasteiger partial charge in [0.1, 0.15) is 17.9 Å². The summed E-state index contributed by atoms with van der Waals surface area (Å²) in [6.45, 7) is 4.32. The van der Waals surface area contributed by atoms with E-state index in [4.69, 9.17) is 14.3 Å². The standard InChI is InChI=1S/C20H21NO4/c1-13-6-5-8-16-14(2)19(25-18(13)16)20(23)21-12-15-7-3-4-9-17(15)24-11-10-22/h3-9,22H,10-12H2,1-2H3,(H,21,23). The number of hydrogen-bond donors (Lipinski definition) is 2. The van der Waals surface area contributed by atoms with Crippen LogP contribution in [-0.2, 0) is 6.54 Å². The predicted octanol–water partition coefficient (Wildman–Crippen LogP) is 3.35. The molecule has 3 aromatic rings. The number of carbonyl (C=O) groups excluding carboxylic acids is 1. The van der Waals surface area contributed by atoms with Gasteiger partial charge in [-0.25, -0.2) is 0 Å². The summed E-state index contributed by atoms with van der Waals surface area (Å²) < 4.78 is 11.3. The number of carbonyl (C=O) groups is 1. The van der Waals surface area contributed by atoms with Gasteiger partial charge in [-0.05, 0) is 25.5 Å². The van der Waals surface area contributed by atoms with E-state index in [0.717, 1.165) is 27.7 Å². The molecule has 0 spiro atoms. The molecule has 0 fully saturated rings. The Morgan fingerprint density at radius 3 is 2.72 bits per heavy atom. The molecule has 0 radical (unpaired) electrons. The molecule has 3 rings (SSSR count). The number of benzene rings is 2. The average Bonchev–Trinajstić information content (AvgIpc) is 2.97. The Morgan fingerprint density at radius 1 is 1.16 bits per heavy atom. The summed E-state index contributed by atoms with van der Waals surface area (Å²) in [6.07, 6.45) is 0. The van der Waals surface area contributed by atoms with Crippen molar-refractivity contribution in [3.05, 3.63) is 64.9 Å². The lowest BCUT2D eigenvalue weighted by Crippen LogP contribution is -2.23. The molecule has 1 aromatic heterocycles. The minimum absolute atomic E-state index is 0.0573. The lowest BCUT2D eigenvalue weighted by atomic mass is 10.1. The largest absolute Gasteiger partial charge is 0.491 e. The fraction of sp³-hybridized carbons (Fsp3) is 0.250. The molecule has 5 heteroatoms. The fourth-order valence-corrected chi connectivity index (χ4v) is 2.80. The van der Waals surface area contributed by atoms with Crippen molar-refractivity contribution in [1.29, 1.82) is 0 Å². The summed E-state index contributed by atoms with van der Waals surface area (Å²) in [6, 6.07) is 13.3. The maximum atomic E-state index is 12.6. The molecule has 2 aromatic carbocycles. The van der Waals surface area contributed by atoms with Gasteiger partial charge >= 0.3 is 0 Å². The minimum atomic E-state index is -0.259. The number of aliphatic hydroxyl groups excluding tert-OH is 1. The molecule has 1 heterocycles. The molecule has 0 unspecified atom stereocenters. The quantitative estimate of drug-likeness (QED) is 0.722. The second kappa shape index (κ2) is 7.40. The second-order valence-corrected chi connectivity index (χ2v) is 5.87. The number of rotatable bonds is 6. The van der Waals surface area contributed by atoms with E-state index in [1.807, 2.05) is 56.3 Å². The van der Waals surface area contributed by atoms with Crippen LogP contribution >= 0.6 is 0 Å². The van der Waals surface area contributed by atoms with Crippen LogP contribution in [0.25, 0.3) is 11.0 Å². The van der Waals surface area contributed by atoms with Crippen molar-refractivity contribution in [1.82, 2.24) is 5.32 Å². The number of hydrogen-bond acceptors (Lipinski definition) is 4. The minimum Gasteiger partial charge on any atom is -0.491 e. The molecule has 0 aliphatic carbocycles. The lowest BCUT2D eigenvalue weighted by Gasteiger charge is -2.11. The van der Waals surface area contributed by atoms with Crippen molar-refractivity contribution in [2.45, 2.75) is 20.4 Å². The predicted molar refractivity (Wildman–Crippen MR) is 95.9 cm³/mol. The van der Waals surface area contributed by atoms with Crippen LogP contribution < -0.4 is 10.1 Å². The van der Waals surface area contributed by atoms with Crippen LogP contribution in [0, 0.1) is 13.8 Å². The molecule has 25 heavy (non-hydrogen) atoms. The van der Waals surface area contributed by atoms with E-state index in [1.165, 1.54) is 0 Å². The maximum Gasteiger partial charge on any atom is 0.287 e. The monoisotopic (exact) mass is 339 g/mol. The molecule has 0 saturated heterocycles. The lowest BCUT2D eigenvalue weighted by molar-refractivity contribution is 0.0924. The summed E-state index contributed by atoms with van der Waals surface area (Å²) in [5.74, 6) is 0.720. The van der Waals surface area contributed by atoms with E-state index in [2.05, 4.69) is 5.32 Å². The molecule has 130 valence electrons. The van der Waals surface area contributed by atoms with Crippen LogP contribution in [0.5, 0.6) is 5.75 Å². The van der Waals surface area contributed by atoms with E-state index >= 15 is 0 Å². The highest BCUT2D eigenvalue weighted by molar-refractivity contribution is 5.99. The van der Waals surface area contributed by atoms with E-state index in [1.54, 1.807) is 0 Å². The first-order valence-corrected chi connectivity index (χ1v) is 8.20. The van der Waals surface area contributed by atoms with E-state index in [9.17, 15) is 4.79 Å². The van der Waals surface area contributed by atoms with Crippen LogP contribution in [0.4, 0.5) is 0 Å². The van der Waals surface area contributed by atoms with Crippen LogP contribution in [0.2, 0.25) is 0 Å². The van der Waals surface area contributed by atoms with Gasteiger partial charge in [0.05, 0.1) is 6.61 Å². The number of fused-ring (bicyclic) bond motifs is 1. The second-order valence-electron chi connectivity index (χ2n) is 5.87. The first-order chi connectivity index (χ1) is 12.1. The highest BCUT2D eigenvalue weighted by atomic mass is 16.5. The average molecular weight is 339 g/mol. The van der Waals surface area contributed by atoms with Gasteiger partial charge in [-0.15, -0.1) is 0 Å². The van der Waals surface area contributed by atoms with Gasteiger partial charge in [-0.2, -0.15) is 0 Å². The molecule has 2 N–H and O–H groups in total. The third-order valence-electron chi connectivity index (χ3n) is 4.13. The number of aliphatic hydroxyl groups is 1. The van der Waals surface area contributed by atoms with Crippen LogP contribution in [0.3, 0.4) is 0 Å². The van der Waals surface area contributed by atoms with E-state index in [0.29, 0.717) is 18.1 Å². The Morgan fingerprint density at radius 2 is 1.96 bits per heavy atom. The van der Waals surface area contributed by atoms with Crippen molar-refractivity contribution < 1.29 is 19.1 Å². The first-order valence-electron chi connectivity index (χ1n) is 8.20. The number of aryl methyl sites for hydroxylation is 2. The van der Waals surface area contributed by atoms with Crippen molar-refractivity contribution in [2.75, 3.05) is 13.2 Å². The van der Waals surface area contributed by atoms with E-state index < -0.39 is 0 Å². The molecular formula is C20H21NO4. The first kappa shape index (κ1) is 17.0. The number of amides is 1. The zero-order chi connectivity index (χ0) is 17.8. The zero-order valence-corrected chi connectivity index (χ0v) is 14.3. The van der Waals surface area contributed by atoms with Crippen molar-refractivity contribution in [3.63, 3.8) is 0 Å². The molecule has 0 atom stereocenters. The molecule has 0 saturated carbocycles. The van der Waals surface area contributed by atoms with Gasteiger partial charge in [0.15, 0.2) is 5.76 Å². The Balaban J connectivity index is 1.78. The Bertz CT molecular complexity index is 898. The highest BCUT2D eigenvalue weighted by Crippen LogP contribution is 2.27. The molecular weight excluding hydrogens is 318 g/mol. The van der Waals surface area contributed by atoms with E-state index in [-0.39, 0.29) is 19.1 Å².